The number of benzene rings is 2. The topological polar surface area (TPSA) is 53.6 Å². The monoisotopic (exact) mass is 467 g/mol. The van der Waals surface area contributed by atoms with Crippen molar-refractivity contribution in [1.82, 2.24) is 15.5 Å². The number of hydrogen-bond donors (Lipinski definition) is 2. The first kappa shape index (κ1) is 24.7. The highest BCUT2D eigenvalue weighted by Gasteiger charge is 2.33. The zero-order valence-electron chi connectivity index (χ0n) is 20.2. The van der Waals surface area contributed by atoms with Gasteiger partial charge in [0.2, 0.25) is 0 Å². The van der Waals surface area contributed by atoms with Crippen molar-refractivity contribution in [2.75, 3.05) is 26.7 Å². The van der Waals surface area contributed by atoms with Crippen LogP contribution in [0.4, 0.5) is 9.18 Å². The second-order valence-corrected chi connectivity index (χ2v) is 9.97. The number of nitrogens with one attached hydrogen (secondary N) is 2. The second kappa shape index (κ2) is 12.3. The van der Waals surface area contributed by atoms with Crippen LogP contribution in [0.2, 0.25) is 0 Å². The second-order valence-electron chi connectivity index (χ2n) is 9.97. The number of nitrogens with zero attached hydrogens (tertiary/aromatic N) is 1. The molecule has 0 radical (unpaired) electrons. The highest BCUT2D eigenvalue weighted by atomic mass is 19.1. The Labute approximate surface area is 203 Å². The Hall–Kier alpha value is -2.44. The normalized spacial score (nSPS) is 25.6. The lowest BCUT2D eigenvalue weighted by Gasteiger charge is -2.41. The molecule has 2 fully saturated rings. The molecule has 0 spiro atoms. The van der Waals surface area contributed by atoms with Crippen LogP contribution in [0.3, 0.4) is 0 Å². The van der Waals surface area contributed by atoms with Crippen LogP contribution >= 0.6 is 0 Å². The van der Waals surface area contributed by atoms with Gasteiger partial charge in [-0.15, -0.1) is 0 Å². The zero-order valence-corrected chi connectivity index (χ0v) is 20.2. The van der Waals surface area contributed by atoms with Crippen LogP contribution in [-0.4, -0.2) is 49.8 Å². The molecule has 2 aliphatic rings. The van der Waals surface area contributed by atoms with Crippen molar-refractivity contribution in [2.24, 2.45) is 11.8 Å². The maximum absolute atomic E-state index is 13.3. The summed E-state index contributed by atoms with van der Waals surface area (Å²) in [6, 6.07) is 17.3. The van der Waals surface area contributed by atoms with Crippen LogP contribution in [0.15, 0.2) is 54.6 Å². The van der Waals surface area contributed by atoms with Gasteiger partial charge in [0.1, 0.15) is 12.4 Å². The van der Waals surface area contributed by atoms with E-state index in [0.717, 1.165) is 50.9 Å². The first-order valence-electron chi connectivity index (χ1n) is 12.7. The molecular weight excluding hydrogens is 429 g/mol. The summed E-state index contributed by atoms with van der Waals surface area (Å²) in [5, 5.41) is 6.58. The van der Waals surface area contributed by atoms with E-state index >= 15 is 0 Å². The van der Waals surface area contributed by atoms with Crippen LogP contribution in [0, 0.1) is 17.7 Å². The van der Waals surface area contributed by atoms with E-state index in [-0.39, 0.29) is 24.6 Å². The minimum absolute atomic E-state index is 0.104. The van der Waals surface area contributed by atoms with Gasteiger partial charge in [-0.25, -0.2) is 9.18 Å². The first-order valence-corrected chi connectivity index (χ1v) is 12.7. The van der Waals surface area contributed by atoms with Crippen LogP contribution in [0.5, 0.6) is 0 Å². The number of carbonyl (C=O) groups is 1. The van der Waals surface area contributed by atoms with Gasteiger partial charge in [0.15, 0.2) is 0 Å². The highest BCUT2D eigenvalue weighted by Crippen LogP contribution is 2.28. The van der Waals surface area contributed by atoms with Crippen molar-refractivity contribution in [3.63, 3.8) is 0 Å². The molecule has 1 saturated heterocycles. The maximum Gasteiger partial charge on any atom is 0.407 e. The minimum Gasteiger partial charge on any atom is -0.445 e. The largest absolute Gasteiger partial charge is 0.445 e. The van der Waals surface area contributed by atoms with E-state index in [1.165, 1.54) is 18.4 Å². The van der Waals surface area contributed by atoms with Crippen molar-refractivity contribution >= 4 is 6.09 Å². The van der Waals surface area contributed by atoms with Crippen LogP contribution in [0.1, 0.15) is 43.2 Å². The third-order valence-corrected chi connectivity index (χ3v) is 7.45. The number of alkyl carbamates (subject to hydrolysis) is 1. The van der Waals surface area contributed by atoms with Crippen molar-refractivity contribution in [1.29, 1.82) is 0 Å². The molecule has 1 aliphatic carbocycles. The predicted molar refractivity (Wildman–Crippen MR) is 133 cm³/mol. The van der Waals surface area contributed by atoms with E-state index in [0.29, 0.717) is 17.9 Å². The summed E-state index contributed by atoms with van der Waals surface area (Å²) in [4.78, 5) is 15.2. The molecule has 184 valence electrons. The molecule has 6 heteroatoms. The highest BCUT2D eigenvalue weighted by molar-refractivity contribution is 5.67. The molecule has 1 amide bonds. The molecule has 5 nitrogen and oxygen atoms in total. The smallest absolute Gasteiger partial charge is 0.407 e. The molecule has 0 aromatic heterocycles. The van der Waals surface area contributed by atoms with Gasteiger partial charge < -0.3 is 20.3 Å². The van der Waals surface area contributed by atoms with Crippen molar-refractivity contribution in [3.05, 3.63) is 71.5 Å². The van der Waals surface area contributed by atoms with Gasteiger partial charge in [0.25, 0.3) is 0 Å². The molecule has 2 aromatic rings. The van der Waals surface area contributed by atoms with Gasteiger partial charge in [0.05, 0.1) is 0 Å². The van der Waals surface area contributed by atoms with Gasteiger partial charge >= 0.3 is 6.09 Å². The van der Waals surface area contributed by atoms with Crippen LogP contribution in [-0.2, 0) is 17.8 Å². The Kier molecular flexibility index (Phi) is 8.94. The number of likely N-dealkylation sites (tertiary alicyclic amines) is 1. The number of ether oxygens (including phenoxy) is 1. The van der Waals surface area contributed by atoms with Gasteiger partial charge in [-0.05, 0) is 87.2 Å². The first-order chi connectivity index (χ1) is 16.6. The van der Waals surface area contributed by atoms with Crippen molar-refractivity contribution < 1.29 is 13.9 Å². The lowest BCUT2D eigenvalue weighted by Crippen LogP contribution is -2.52. The lowest BCUT2D eigenvalue weighted by molar-refractivity contribution is 0.0989. The molecule has 2 N–H and O–H groups in total. The van der Waals surface area contributed by atoms with E-state index in [4.69, 9.17) is 4.74 Å². The Balaban J connectivity index is 1.31. The number of piperidine rings is 1. The Bertz CT molecular complexity index is 892. The fraction of sp³-hybridized carbons (Fsp3) is 0.536. The number of halogens is 1. The van der Waals surface area contributed by atoms with E-state index in [1.807, 2.05) is 49.5 Å². The molecule has 4 atom stereocenters. The number of carbonyl (C=O) groups excluding carboxylic acids is 1. The molecule has 1 aliphatic heterocycles. The SMILES string of the molecule is CN[C@@H]1CC[C@@H](CN2CCCC(Cc3ccc(F)cc3)C2)[C@H](NC(=O)OCc2ccccc2)C1. The Morgan fingerprint density at radius 1 is 1.06 bits per heavy atom. The van der Waals surface area contributed by atoms with Gasteiger partial charge in [-0.1, -0.05) is 42.5 Å². The number of hydrogen-bond acceptors (Lipinski definition) is 4. The van der Waals surface area contributed by atoms with Crippen LogP contribution in [0.25, 0.3) is 0 Å². The minimum atomic E-state index is -0.330. The zero-order chi connectivity index (χ0) is 23.8. The Morgan fingerprint density at radius 3 is 2.62 bits per heavy atom. The van der Waals surface area contributed by atoms with E-state index in [9.17, 15) is 9.18 Å². The molecule has 0 bridgehead atoms. The molecule has 1 saturated carbocycles. The quantitative estimate of drug-likeness (QED) is 0.588. The summed E-state index contributed by atoms with van der Waals surface area (Å²) in [5.74, 6) is 0.834. The fourth-order valence-electron chi connectivity index (χ4n) is 5.58. The van der Waals surface area contributed by atoms with Gasteiger partial charge in [-0.3, -0.25) is 0 Å². The maximum atomic E-state index is 13.3. The standard InChI is InChI=1S/C28H38FN3O2/c1-30-26-14-11-24(27(17-26)31-28(33)34-20-22-6-3-2-4-7-22)19-32-15-5-8-23(18-32)16-21-9-12-25(29)13-10-21/h2-4,6-7,9-10,12-13,23-24,26-27,30H,5,8,11,14-20H2,1H3,(H,31,33)/t23?,24-,26+,27+/m0/s1. The van der Waals surface area contributed by atoms with Gasteiger partial charge in [-0.2, -0.15) is 0 Å². The summed E-state index contributed by atoms with van der Waals surface area (Å²) in [6.07, 6.45) is 6.22. The Morgan fingerprint density at radius 2 is 1.85 bits per heavy atom. The summed E-state index contributed by atoms with van der Waals surface area (Å²) in [6.45, 7) is 3.46. The molecule has 34 heavy (non-hydrogen) atoms. The summed E-state index contributed by atoms with van der Waals surface area (Å²) in [5.41, 5.74) is 2.20. The van der Waals surface area contributed by atoms with Crippen LogP contribution < -0.4 is 10.6 Å². The molecular formula is C28H38FN3O2. The summed E-state index contributed by atoms with van der Waals surface area (Å²) < 4.78 is 18.8. The molecule has 1 unspecified atom stereocenters. The third-order valence-electron chi connectivity index (χ3n) is 7.45. The average molecular weight is 468 g/mol. The molecule has 1 heterocycles. The lowest BCUT2D eigenvalue weighted by atomic mass is 9.80. The molecule has 2 aromatic carbocycles. The third kappa shape index (κ3) is 7.28. The summed E-state index contributed by atoms with van der Waals surface area (Å²) in [7, 11) is 2.00. The van der Waals surface area contributed by atoms with Gasteiger partial charge in [0, 0.05) is 25.2 Å². The fourth-order valence-corrected chi connectivity index (χ4v) is 5.58. The van der Waals surface area contributed by atoms with E-state index in [2.05, 4.69) is 15.5 Å². The van der Waals surface area contributed by atoms with Crippen molar-refractivity contribution in [2.45, 2.75) is 57.2 Å². The number of amides is 1. The van der Waals surface area contributed by atoms with E-state index in [1.54, 1.807) is 12.1 Å². The predicted octanol–water partition coefficient (Wildman–Crippen LogP) is 4.76. The van der Waals surface area contributed by atoms with Crippen molar-refractivity contribution in [3.8, 4) is 0 Å². The van der Waals surface area contributed by atoms with E-state index < -0.39 is 0 Å². The summed E-state index contributed by atoms with van der Waals surface area (Å²) >= 11 is 0. The average Bonchev–Trinajstić information content (AvgIpc) is 2.86. The molecule has 4 rings (SSSR count). The number of rotatable bonds is 8.